The van der Waals surface area contributed by atoms with Crippen LogP contribution in [0.1, 0.15) is 12.0 Å². The van der Waals surface area contributed by atoms with Crippen molar-refractivity contribution in [3.05, 3.63) is 47.7 Å². The molecule has 8 nitrogen and oxygen atoms in total. The van der Waals surface area contributed by atoms with Crippen LogP contribution in [0, 0.1) is 11.6 Å². The van der Waals surface area contributed by atoms with Crippen molar-refractivity contribution in [1.82, 2.24) is 35.0 Å². The Morgan fingerprint density at radius 3 is 2.69 bits per heavy atom. The molecule has 0 radical (unpaired) electrons. The summed E-state index contributed by atoms with van der Waals surface area (Å²) < 4.78 is 29.0. The van der Waals surface area contributed by atoms with E-state index >= 15 is 0 Å². The van der Waals surface area contributed by atoms with Gasteiger partial charge in [0, 0.05) is 12.7 Å². The third-order valence-electron chi connectivity index (χ3n) is 4.44. The minimum atomic E-state index is -1.04. The van der Waals surface area contributed by atoms with Crippen LogP contribution in [-0.2, 0) is 6.54 Å². The molecule has 0 bridgehead atoms. The molecule has 1 aromatic carbocycles. The lowest BCUT2D eigenvalue weighted by Crippen LogP contribution is -2.23. The summed E-state index contributed by atoms with van der Waals surface area (Å²) in [7, 11) is 6.11. The van der Waals surface area contributed by atoms with E-state index in [0.29, 0.717) is 12.1 Å². The lowest BCUT2D eigenvalue weighted by molar-refractivity contribution is 0.294. The van der Waals surface area contributed by atoms with E-state index in [-0.39, 0.29) is 17.3 Å². The SMILES string of the molecule is CN(C)CCCN(C)Cc1cnc(N)c(-c2nnnn2-c2cccc(F)c2F)c1. The van der Waals surface area contributed by atoms with Gasteiger partial charge in [0.25, 0.3) is 0 Å². The second-order valence-corrected chi connectivity index (χ2v) is 7.16. The quantitative estimate of drug-likeness (QED) is 0.616. The standard InChI is InChI=1S/C19H24F2N8/c1-27(2)8-5-9-28(3)12-13-10-14(18(22)23-11-13)19-24-25-26-29(19)16-7-4-6-15(20)17(16)21/h4,6-7,10-11H,5,8-9,12H2,1-3H3,(H2,22,23). The first-order chi connectivity index (χ1) is 13.9. The zero-order chi connectivity index (χ0) is 21.0. The van der Waals surface area contributed by atoms with Crippen molar-refractivity contribution >= 4 is 5.82 Å². The van der Waals surface area contributed by atoms with Gasteiger partial charge in [0.2, 0.25) is 0 Å². The molecule has 0 saturated heterocycles. The van der Waals surface area contributed by atoms with E-state index in [2.05, 4.69) is 30.3 Å². The van der Waals surface area contributed by atoms with Crippen LogP contribution in [0.15, 0.2) is 30.5 Å². The number of benzene rings is 1. The van der Waals surface area contributed by atoms with Crippen LogP contribution in [0.3, 0.4) is 0 Å². The molecule has 3 rings (SSSR count). The van der Waals surface area contributed by atoms with Gasteiger partial charge in [-0.1, -0.05) is 6.07 Å². The Kier molecular flexibility index (Phi) is 6.45. The average molecular weight is 402 g/mol. The first kappa shape index (κ1) is 20.7. The van der Waals surface area contributed by atoms with Crippen LogP contribution in [0.2, 0.25) is 0 Å². The third kappa shape index (κ3) is 4.90. The van der Waals surface area contributed by atoms with E-state index in [0.717, 1.165) is 35.8 Å². The Hall–Kier alpha value is -2.98. The van der Waals surface area contributed by atoms with E-state index in [9.17, 15) is 8.78 Å². The van der Waals surface area contributed by atoms with Crippen LogP contribution in [-0.4, -0.2) is 69.2 Å². The summed E-state index contributed by atoms with van der Waals surface area (Å²) in [6.07, 6.45) is 2.73. The highest BCUT2D eigenvalue weighted by Crippen LogP contribution is 2.26. The monoisotopic (exact) mass is 402 g/mol. The summed E-state index contributed by atoms with van der Waals surface area (Å²) in [6, 6.07) is 5.64. The van der Waals surface area contributed by atoms with Gasteiger partial charge in [0.05, 0.1) is 5.56 Å². The molecule has 29 heavy (non-hydrogen) atoms. The minimum absolute atomic E-state index is 0.101. The molecular formula is C19H24F2N8. The number of nitrogen functional groups attached to an aromatic ring is 1. The average Bonchev–Trinajstić information content (AvgIpc) is 3.14. The highest BCUT2D eigenvalue weighted by atomic mass is 19.2. The molecule has 0 aliphatic carbocycles. The van der Waals surface area contributed by atoms with Gasteiger partial charge >= 0.3 is 0 Å². The van der Waals surface area contributed by atoms with Crippen LogP contribution >= 0.6 is 0 Å². The second-order valence-electron chi connectivity index (χ2n) is 7.16. The van der Waals surface area contributed by atoms with Gasteiger partial charge in [-0.05, 0) is 74.8 Å². The number of pyridine rings is 1. The maximum absolute atomic E-state index is 14.2. The number of tetrazole rings is 1. The topological polar surface area (TPSA) is 89.0 Å². The van der Waals surface area contributed by atoms with Crippen molar-refractivity contribution < 1.29 is 8.78 Å². The first-order valence-electron chi connectivity index (χ1n) is 9.17. The predicted octanol–water partition coefficient (Wildman–Crippen LogP) is 1.97. The van der Waals surface area contributed by atoms with Crippen molar-refractivity contribution in [3.63, 3.8) is 0 Å². The maximum Gasteiger partial charge on any atom is 0.190 e. The lowest BCUT2D eigenvalue weighted by Gasteiger charge is -2.18. The number of hydrogen-bond donors (Lipinski definition) is 1. The molecule has 0 atom stereocenters. The highest BCUT2D eigenvalue weighted by molar-refractivity contribution is 5.69. The number of nitrogens with zero attached hydrogens (tertiary/aromatic N) is 7. The van der Waals surface area contributed by atoms with E-state index in [1.807, 2.05) is 27.2 Å². The number of rotatable bonds is 8. The van der Waals surface area contributed by atoms with Crippen LogP contribution < -0.4 is 5.73 Å². The molecule has 2 N–H and O–H groups in total. The zero-order valence-corrected chi connectivity index (χ0v) is 16.7. The summed E-state index contributed by atoms with van der Waals surface area (Å²) in [4.78, 5) is 8.55. The number of nitrogens with two attached hydrogens (primary N) is 1. The van der Waals surface area contributed by atoms with Gasteiger partial charge in [-0.15, -0.1) is 5.10 Å². The van der Waals surface area contributed by atoms with Crippen molar-refractivity contribution in [2.75, 3.05) is 40.0 Å². The molecule has 0 amide bonds. The molecule has 3 aromatic rings. The molecule has 0 aliphatic heterocycles. The fraction of sp³-hybridized carbons (Fsp3) is 0.368. The summed E-state index contributed by atoms with van der Waals surface area (Å²) in [6.45, 7) is 2.58. The molecule has 0 unspecified atom stereocenters. The first-order valence-corrected chi connectivity index (χ1v) is 9.17. The molecule has 10 heteroatoms. The van der Waals surface area contributed by atoms with Crippen LogP contribution in [0.5, 0.6) is 0 Å². The van der Waals surface area contributed by atoms with Gasteiger partial charge < -0.3 is 15.5 Å². The minimum Gasteiger partial charge on any atom is -0.383 e. The zero-order valence-electron chi connectivity index (χ0n) is 16.7. The van der Waals surface area contributed by atoms with Crippen LogP contribution in [0.25, 0.3) is 17.1 Å². The number of aromatic nitrogens is 5. The molecule has 0 spiro atoms. The Bertz CT molecular complexity index is 973. The van der Waals surface area contributed by atoms with E-state index < -0.39 is 11.6 Å². The van der Waals surface area contributed by atoms with Crippen molar-refractivity contribution in [2.45, 2.75) is 13.0 Å². The normalized spacial score (nSPS) is 11.6. The van der Waals surface area contributed by atoms with Crippen molar-refractivity contribution in [1.29, 1.82) is 0 Å². The fourth-order valence-electron chi connectivity index (χ4n) is 3.01. The molecule has 0 aliphatic rings. The van der Waals surface area contributed by atoms with E-state index in [4.69, 9.17) is 5.73 Å². The summed E-state index contributed by atoms with van der Waals surface area (Å²) in [5.41, 5.74) is 7.30. The number of anilines is 1. The van der Waals surface area contributed by atoms with Gasteiger partial charge in [0.15, 0.2) is 17.5 Å². The second kappa shape index (κ2) is 9.01. The summed E-state index contributed by atoms with van der Waals surface area (Å²) in [5, 5.41) is 11.4. The maximum atomic E-state index is 14.2. The fourth-order valence-corrected chi connectivity index (χ4v) is 3.01. The smallest absolute Gasteiger partial charge is 0.190 e. The van der Waals surface area contributed by atoms with Gasteiger partial charge in [-0.25, -0.2) is 13.8 Å². The Morgan fingerprint density at radius 1 is 1.14 bits per heavy atom. The highest BCUT2D eigenvalue weighted by Gasteiger charge is 2.19. The van der Waals surface area contributed by atoms with Crippen molar-refractivity contribution in [3.8, 4) is 17.1 Å². The Labute approximate surface area is 167 Å². The lowest BCUT2D eigenvalue weighted by atomic mass is 10.1. The van der Waals surface area contributed by atoms with Crippen LogP contribution in [0.4, 0.5) is 14.6 Å². The molecular weight excluding hydrogens is 378 g/mol. The molecule has 154 valence electrons. The Balaban J connectivity index is 1.86. The predicted molar refractivity (Wildman–Crippen MR) is 106 cm³/mol. The number of halogens is 2. The van der Waals surface area contributed by atoms with Gasteiger partial charge in [0.1, 0.15) is 11.5 Å². The molecule has 0 saturated carbocycles. The van der Waals surface area contributed by atoms with Gasteiger partial charge in [-0.3, -0.25) is 0 Å². The van der Waals surface area contributed by atoms with E-state index in [1.54, 1.807) is 6.20 Å². The van der Waals surface area contributed by atoms with E-state index in [1.165, 1.54) is 12.1 Å². The third-order valence-corrected chi connectivity index (χ3v) is 4.44. The summed E-state index contributed by atoms with van der Waals surface area (Å²) >= 11 is 0. The molecule has 2 aromatic heterocycles. The Morgan fingerprint density at radius 2 is 1.93 bits per heavy atom. The molecule has 2 heterocycles. The van der Waals surface area contributed by atoms with Crippen molar-refractivity contribution in [2.24, 2.45) is 0 Å². The molecule has 0 fully saturated rings. The number of hydrogen-bond acceptors (Lipinski definition) is 7. The largest absolute Gasteiger partial charge is 0.383 e. The summed E-state index contributed by atoms with van der Waals surface area (Å²) in [5.74, 6) is -1.62. The van der Waals surface area contributed by atoms with Gasteiger partial charge in [-0.2, -0.15) is 4.68 Å².